The Kier molecular flexibility index (Phi) is 7.48. The van der Waals surface area contributed by atoms with Crippen molar-refractivity contribution in [2.75, 3.05) is 51.8 Å². The van der Waals surface area contributed by atoms with E-state index < -0.39 is 0 Å². The molecule has 1 aromatic rings. The van der Waals surface area contributed by atoms with E-state index in [1.165, 1.54) is 5.56 Å². The van der Waals surface area contributed by atoms with Gasteiger partial charge < -0.3 is 20.0 Å². The lowest BCUT2D eigenvalue weighted by atomic mass is 10.1. The molecule has 0 unspecified atom stereocenters. The molecule has 0 radical (unpaired) electrons. The third kappa shape index (κ3) is 6.05. The second kappa shape index (κ2) is 8.91. The normalized spacial score (nSPS) is 11.0. The van der Waals surface area contributed by atoms with E-state index in [0.29, 0.717) is 13.1 Å². The van der Waals surface area contributed by atoms with Crippen molar-refractivity contribution < 1.29 is 10.2 Å². The first-order valence-corrected chi connectivity index (χ1v) is 6.87. The largest absolute Gasteiger partial charge is 0.395 e. The number of hydrogen-bond acceptors (Lipinski definition) is 4. The summed E-state index contributed by atoms with van der Waals surface area (Å²) < 4.78 is 0. The van der Waals surface area contributed by atoms with Gasteiger partial charge in [0.1, 0.15) is 0 Å². The predicted octanol–water partition coefficient (Wildman–Crippen LogP) is 0.972. The third-order valence-corrected chi connectivity index (χ3v) is 3.11. The highest BCUT2D eigenvalue weighted by molar-refractivity contribution is 5.47. The maximum atomic E-state index is 9.02. The molecule has 0 saturated heterocycles. The Hall–Kier alpha value is -1.10. The van der Waals surface area contributed by atoms with Gasteiger partial charge in [0.15, 0.2) is 0 Å². The fourth-order valence-corrected chi connectivity index (χ4v) is 2.08. The molecule has 1 rings (SSSR count). The number of aliphatic hydroxyl groups is 2. The zero-order valence-electron chi connectivity index (χ0n) is 12.0. The molecule has 0 fully saturated rings. The van der Waals surface area contributed by atoms with Gasteiger partial charge in [0, 0.05) is 18.8 Å². The van der Waals surface area contributed by atoms with Crippen LogP contribution in [0.3, 0.4) is 0 Å². The van der Waals surface area contributed by atoms with Crippen molar-refractivity contribution in [2.24, 2.45) is 0 Å². The lowest BCUT2D eigenvalue weighted by Gasteiger charge is -2.23. The van der Waals surface area contributed by atoms with E-state index in [2.05, 4.69) is 43.3 Å². The van der Waals surface area contributed by atoms with Crippen LogP contribution in [0, 0.1) is 0 Å². The van der Waals surface area contributed by atoms with Gasteiger partial charge in [0.05, 0.1) is 13.2 Å². The Morgan fingerprint density at radius 1 is 0.895 bits per heavy atom. The molecule has 1 aromatic carbocycles. The fraction of sp³-hybridized carbons (Fsp3) is 0.600. The number of hydrogen-bond donors (Lipinski definition) is 2. The molecule has 4 nitrogen and oxygen atoms in total. The average molecular weight is 266 g/mol. The molecule has 0 amide bonds. The van der Waals surface area contributed by atoms with E-state index in [-0.39, 0.29) is 13.2 Å². The molecule has 0 heterocycles. The van der Waals surface area contributed by atoms with Gasteiger partial charge in [-0.3, -0.25) is 0 Å². The van der Waals surface area contributed by atoms with E-state index >= 15 is 0 Å². The predicted molar refractivity (Wildman–Crippen MR) is 79.7 cm³/mol. The van der Waals surface area contributed by atoms with Gasteiger partial charge in [-0.15, -0.1) is 0 Å². The van der Waals surface area contributed by atoms with Gasteiger partial charge in [-0.05, 0) is 51.2 Å². The van der Waals surface area contributed by atoms with Crippen molar-refractivity contribution in [1.29, 1.82) is 0 Å². The van der Waals surface area contributed by atoms with Crippen LogP contribution in [0.15, 0.2) is 24.3 Å². The van der Waals surface area contributed by atoms with Crippen LogP contribution in [0.25, 0.3) is 0 Å². The smallest absolute Gasteiger partial charge is 0.0606 e. The minimum Gasteiger partial charge on any atom is -0.395 e. The quantitative estimate of drug-likeness (QED) is 0.699. The first-order chi connectivity index (χ1) is 9.17. The fourth-order valence-electron chi connectivity index (χ4n) is 2.08. The van der Waals surface area contributed by atoms with Crippen LogP contribution >= 0.6 is 0 Å². The highest BCUT2D eigenvalue weighted by Gasteiger charge is 2.05. The second-order valence-corrected chi connectivity index (χ2v) is 5.01. The van der Waals surface area contributed by atoms with Crippen LogP contribution in [0.4, 0.5) is 5.69 Å². The summed E-state index contributed by atoms with van der Waals surface area (Å²) >= 11 is 0. The summed E-state index contributed by atoms with van der Waals surface area (Å²) in [6.07, 6.45) is 2.24. The number of aliphatic hydroxyl groups excluding tert-OH is 2. The molecule has 0 bridgehead atoms. The Labute approximate surface area is 116 Å². The summed E-state index contributed by atoms with van der Waals surface area (Å²) in [7, 11) is 4.18. The standard InChI is InChI=1S/C15H26N2O2/c1-16(2)9-3-4-14-5-7-15(8-6-14)17(10-12-18)11-13-19/h5-8,18-19H,3-4,9-13H2,1-2H3. The molecule has 0 aliphatic heterocycles. The van der Waals surface area contributed by atoms with Crippen LogP contribution in [-0.4, -0.2) is 62.1 Å². The minimum absolute atomic E-state index is 0.102. The zero-order valence-corrected chi connectivity index (χ0v) is 12.0. The maximum absolute atomic E-state index is 9.02. The minimum atomic E-state index is 0.102. The summed E-state index contributed by atoms with van der Waals surface area (Å²) in [5.74, 6) is 0. The van der Waals surface area contributed by atoms with Crippen molar-refractivity contribution in [3.8, 4) is 0 Å². The number of aryl methyl sites for hydroxylation is 1. The third-order valence-electron chi connectivity index (χ3n) is 3.11. The molecule has 2 N–H and O–H groups in total. The molecule has 108 valence electrons. The monoisotopic (exact) mass is 266 g/mol. The number of benzene rings is 1. The second-order valence-electron chi connectivity index (χ2n) is 5.01. The van der Waals surface area contributed by atoms with Gasteiger partial charge in [-0.1, -0.05) is 12.1 Å². The van der Waals surface area contributed by atoms with Crippen LogP contribution < -0.4 is 4.90 Å². The first kappa shape index (κ1) is 16.0. The molecular weight excluding hydrogens is 240 g/mol. The van der Waals surface area contributed by atoms with Crippen LogP contribution in [-0.2, 0) is 6.42 Å². The number of rotatable bonds is 9. The summed E-state index contributed by atoms with van der Waals surface area (Å²) in [5.41, 5.74) is 2.39. The van der Waals surface area contributed by atoms with E-state index in [1.54, 1.807) is 0 Å². The Morgan fingerprint density at radius 2 is 1.47 bits per heavy atom. The van der Waals surface area contributed by atoms with Crippen molar-refractivity contribution in [3.05, 3.63) is 29.8 Å². The molecule has 0 spiro atoms. The molecular formula is C15H26N2O2. The average Bonchev–Trinajstić information content (AvgIpc) is 2.39. The Bertz CT molecular complexity index is 333. The Morgan fingerprint density at radius 3 is 1.95 bits per heavy atom. The summed E-state index contributed by atoms with van der Waals surface area (Å²) in [6, 6.07) is 8.39. The molecule has 4 heteroatoms. The molecule has 0 saturated carbocycles. The van der Waals surface area contributed by atoms with Gasteiger partial charge in [-0.2, -0.15) is 0 Å². The van der Waals surface area contributed by atoms with Gasteiger partial charge in [0.2, 0.25) is 0 Å². The summed E-state index contributed by atoms with van der Waals surface area (Å²) in [5, 5.41) is 18.0. The summed E-state index contributed by atoms with van der Waals surface area (Å²) in [6.45, 7) is 2.42. The Balaban J connectivity index is 2.53. The summed E-state index contributed by atoms with van der Waals surface area (Å²) in [4.78, 5) is 4.18. The van der Waals surface area contributed by atoms with E-state index in [0.717, 1.165) is 25.1 Å². The first-order valence-electron chi connectivity index (χ1n) is 6.87. The van der Waals surface area contributed by atoms with Gasteiger partial charge >= 0.3 is 0 Å². The van der Waals surface area contributed by atoms with Crippen molar-refractivity contribution in [1.82, 2.24) is 4.90 Å². The number of nitrogens with zero attached hydrogens (tertiary/aromatic N) is 2. The van der Waals surface area contributed by atoms with Crippen LogP contribution in [0.2, 0.25) is 0 Å². The SMILES string of the molecule is CN(C)CCCc1ccc(N(CCO)CCO)cc1. The topological polar surface area (TPSA) is 46.9 Å². The molecule has 0 aromatic heterocycles. The number of anilines is 1. The van der Waals surface area contributed by atoms with Crippen molar-refractivity contribution in [3.63, 3.8) is 0 Å². The molecule has 0 aliphatic rings. The van der Waals surface area contributed by atoms with E-state index in [1.807, 2.05) is 4.90 Å². The van der Waals surface area contributed by atoms with E-state index in [9.17, 15) is 0 Å². The van der Waals surface area contributed by atoms with Crippen LogP contribution in [0.1, 0.15) is 12.0 Å². The van der Waals surface area contributed by atoms with Crippen molar-refractivity contribution in [2.45, 2.75) is 12.8 Å². The lowest BCUT2D eigenvalue weighted by Crippen LogP contribution is -2.29. The van der Waals surface area contributed by atoms with Crippen LogP contribution in [0.5, 0.6) is 0 Å². The highest BCUT2D eigenvalue weighted by atomic mass is 16.3. The zero-order chi connectivity index (χ0) is 14.1. The van der Waals surface area contributed by atoms with E-state index in [4.69, 9.17) is 10.2 Å². The van der Waals surface area contributed by atoms with Crippen molar-refractivity contribution >= 4 is 5.69 Å². The lowest BCUT2D eigenvalue weighted by molar-refractivity contribution is 0.281. The molecule has 19 heavy (non-hydrogen) atoms. The maximum Gasteiger partial charge on any atom is 0.0606 e. The van der Waals surface area contributed by atoms with Gasteiger partial charge in [0.25, 0.3) is 0 Å². The molecule has 0 aliphatic carbocycles. The molecule has 0 atom stereocenters. The van der Waals surface area contributed by atoms with Gasteiger partial charge in [-0.25, -0.2) is 0 Å². The highest BCUT2D eigenvalue weighted by Crippen LogP contribution is 2.15.